The molecule has 14 heavy (non-hydrogen) atoms. The van der Waals surface area contributed by atoms with E-state index in [2.05, 4.69) is 10.1 Å². The van der Waals surface area contributed by atoms with Gasteiger partial charge >= 0.3 is 5.97 Å². The molecular formula is C9H9N3O2. The first kappa shape index (κ1) is 8.68. The Morgan fingerprint density at radius 3 is 2.86 bits per heavy atom. The molecule has 0 aliphatic heterocycles. The summed E-state index contributed by atoms with van der Waals surface area (Å²) in [6, 6.07) is 1.52. The molecule has 0 atom stereocenters. The van der Waals surface area contributed by atoms with Crippen LogP contribution in [0.3, 0.4) is 0 Å². The van der Waals surface area contributed by atoms with Gasteiger partial charge in [-0.15, -0.1) is 0 Å². The van der Waals surface area contributed by atoms with Gasteiger partial charge in [0.25, 0.3) is 0 Å². The van der Waals surface area contributed by atoms with Crippen LogP contribution in [0.2, 0.25) is 0 Å². The van der Waals surface area contributed by atoms with Crippen LogP contribution in [0, 0.1) is 13.8 Å². The van der Waals surface area contributed by atoms with E-state index in [9.17, 15) is 4.79 Å². The Hall–Kier alpha value is -1.91. The van der Waals surface area contributed by atoms with Gasteiger partial charge in [-0.3, -0.25) is 0 Å². The van der Waals surface area contributed by atoms with E-state index in [-0.39, 0.29) is 5.69 Å². The Kier molecular flexibility index (Phi) is 1.73. The van der Waals surface area contributed by atoms with Gasteiger partial charge in [-0.25, -0.2) is 14.3 Å². The lowest BCUT2D eigenvalue weighted by Crippen LogP contribution is -2.05. The standard InChI is InChI=1S/C9H9N3O2/c1-5-3-7(9(13)14)11-12-4-6(2)10-8(5)12/h3-4H,1-2H3,(H,13,14). The van der Waals surface area contributed by atoms with Gasteiger partial charge in [0.15, 0.2) is 11.3 Å². The summed E-state index contributed by atoms with van der Waals surface area (Å²) < 4.78 is 1.49. The van der Waals surface area contributed by atoms with Crippen LogP contribution in [0.4, 0.5) is 0 Å². The van der Waals surface area contributed by atoms with Crippen molar-refractivity contribution in [2.24, 2.45) is 0 Å². The van der Waals surface area contributed by atoms with Crippen LogP contribution in [-0.2, 0) is 0 Å². The molecule has 5 nitrogen and oxygen atoms in total. The number of carbonyl (C=O) groups is 1. The topological polar surface area (TPSA) is 67.5 Å². The predicted molar refractivity (Wildman–Crippen MR) is 49.4 cm³/mol. The average molecular weight is 191 g/mol. The quantitative estimate of drug-likeness (QED) is 0.731. The molecule has 2 aromatic rings. The molecule has 0 radical (unpaired) electrons. The number of rotatable bonds is 1. The van der Waals surface area contributed by atoms with E-state index >= 15 is 0 Å². The Balaban J connectivity index is 2.77. The zero-order chi connectivity index (χ0) is 10.3. The first-order valence-corrected chi connectivity index (χ1v) is 4.15. The van der Waals surface area contributed by atoms with Crippen molar-refractivity contribution in [3.05, 3.63) is 29.2 Å². The van der Waals surface area contributed by atoms with Crippen molar-refractivity contribution in [3.63, 3.8) is 0 Å². The zero-order valence-electron chi connectivity index (χ0n) is 7.85. The van der Waals surface area contributed by atoms with Crippen molar-refractivity contribution in [3.8, 4) is 0 Å². The van der Waals surface area contributed by atoms with E-state index in [1.165, 1.54) is 10.6 Å². The van der Waals surface area contributed by atoms with Gasteiger partial charge in [-0.2, -0.15) is 5.10 Å². The molecule has 0 spiro atoms. The molecule has 2 aromatic heterocycles. The second kappa shape index (κ2) is 2.80. The summed E-state index contributed by atoms with van der Waals surface area (Å²) in [7, 11) is 0. The molecule has 1 N–H and O–H groups in total. The average Bonchev–Trinajstić information content (AvgIpc) is 2.45. The minimum absolute atomic E-state index is 0.0346. The SMILES string of the molecule is Cc1cn2nc(C(=O)O)cc(C)c2n1. The number of aryl methyl sites for hydroxylation is 2. The molecular weight excluding hydrogens is 182 g/mol. The van der Waals surface area contributed by atoms with E-state index in [1.54, 1.807) is 6.20 Å². The summed E-state index contributed by atoms with van der Waals surface area (Å²) in [4.78, 5) is 14.9. The molecule has 0 saturated heterocycles. The van der Waals surface area contributed by atoms with Crippen LogP contribution < -0.4 is 0 Å². The summed E-state index contributed by atoms with van der Waals surface area (Å²) in [5.74, 6) is -1.03. The maximum absolute atomic E-state index is 10.7. The third-order valence-corrected chi connectivity index (χ3v) is 1.95. The third kappa shape index (κ3) is 1.22. The highest BCUT2D eigenvalue weighted by molar-refractivity contribution is 5.85. The van der Waals surface area contributed by atoms with Crippen LogP contribution in [0.15, 0.2) is 12.3 Å². The number of nitrogens with zero attached hydrogens (tertiary/aromatic N) is 3. The number of aromatic nitrogens is 3. The highest BCUT2D eigenvalue weighted by Crippen LogP contribution is 2.10. The fourth-order valence-electron chi connectivity index (χ4n) is 1.35. The number of hydrogen-bond donors (Lipinski definition) is 1. The second-order valence-corrected chi connectivity index (χ2v) is 3.17. The first-order chi connectivity index (χ1) is 6.58. The van der Waals surface area contributed by atoms with Crippen LogP contribution in [0.5, 0.6) is 0 Å². The molecule has 2 rings (SSSR count). The fourth-order valence-corrected chi connectivity index (χ4v) is 1.35. The van der Waals surface area contributed by atoms with Crippen molar-refractivity contribution < 1.29 is 9.90 Å². The normalized spacial score (nSPS) is 10.7. The Morgan fingerprint density at radius 1 is 1.50 bits per heavy atom. The molecule has 0 unspecified atom stereocenters. The summed E-state index contributed by atoms with van der Waals surface area (Å²) >= 11 is 0. The maximum atomic E-state index is 10.7. The molecule has 0 fully saturated rings. The van der Waals surface area contributed by atoms with E-state index < -0.39 is 5.97 Å². The largest absolute Gasteiger partial charge is 0.476 e. The summed E-state index contributed by atoms with van der Waals surface area (Å²) in [6.45, 7) is 3.66. The molecule has 5 heteroatoms. The van der Waals surface area contributed by atoms with Crippen molar-refractivity contribution in [1.29, 1.82) is 0 Å². The summed E-state index contributed by atoms with van der Waals surface area (Å²) in [5.41, 5.74) is 2.37. The van der Waals surface area contributed by atoms with Crippen molar-refractivity contribution in [1.82, 2.24) is 14.6 Å². The molecule has 0 aromatic carbocycles. The van der Waals surface area contributed by atoms with Crippen LogP contribution in [0.1, 0.15) is 21.7 Å². The Bertz CT molecular complexity index is 516. The van der Waals surface area contributed by atoms with Gasteiger partial charge < -0.3 is 5.11 Å². The number of aromatic carboxylic acids is 1. The zero-order valence-corrected chi connectivity index (χ0v) is 7.85. The van der Waals surface area contributed by atoms with E-state index in [0.29, 0.717) is 5.65 Å². The van der Waals surface area contributed by atoms with Gasteiger partial charge in [-0.1, -0.05) is 0 Å². The predicted octanol–water partition coefficient (Wildman–Crippen LogP) is 1.04. The lowest BCUT2D eigenvalue weighted by molar-refractivity contribution is 0.0688. The lowest BCUT2D eigenvalue weighted by Gasteiger charge is -1.98. The Labute approximate surface area is 80.0 Å². The van der Waals surface area contributed by atoms with Gasteiger partial charge in [-0.05, 0) is 25.5 Å². The maximum Gasteiger partial charge on any atom is 0.356 e. The number of imidazole rings is 1. The highest BCUT2D eigenvalue weighted by atomic mass is 16.4. The van der Waals surface area contributed by atoms with E-state index in [4.69, 9.17) is 5.11 Å². The van der Waals surface area contributed by atoms with Gasteiger partial charge in [0, 0.05) is 0 Å². The smallest absolute Gasteiger partial charge is 0.356 e. The minimum Gasteiger partial charge on any atom is -0.476 e. The highest BCUT2D eigenvalue weighted by Gasteiger charge is 2.09. The van der Waals surface area contributed by atoms with E-state index in [0.717, 1.165) is 11.3 Å². The number of hydrogen-bond acceptors (Lipinski definition) is 3. The van der Waals surface area contributed by atoms with Crippen molar-refractivity contribution in [2.75, 3.05) is 0 Å². The fraction of sp³-hybridized carbons (Fsp3) is 0.222. The lowest BCUT2D eigenvalue weighted by atomic mass is 10.3. The molecule has 0 amide bonds. The van der Waals surface area contributed by atoms with Crippen molar-refractivity contribution >= 4 is 11.6 Å². The monoisotopic (exact) mass is 191 g/mol. The van der Waals surface area contributed by atoms with Crippen molar-refractivity contribution in [2.45, 2.75) is 13.8 Å². The van der Waals surface area contributed by atoms with E-state index in [1.807, 2.05) is 13.8 Å². The van der Waals surface area contributed by atoms with Gasteiger partial charge in [0.1, 0.15) is 0 Å². The number of carboxylic acids is 1. The first-order valence-electron chi connectivity index (χ1n) is 4.15. The summed E-state index contributed by atoms with van der Waals surface area (Å²) in [5, 5.41) is 12.7. The molecule has 0 saturated carbocycles. The number of carboxylic acid groups (broad SMARTS) is 1. The summed E-state index contributed by atoms with van der Waals surface area (Å²) in [6.07, 6.45) is 1.70. The number of fused-ring (bicyclic) bond motifs is 1. The second-order valence-electron chi connectivity index (χ2n) is 3.17. The van der Waals surface area contributed by atoms with Gasteiger partial charge in [0.05, 0.1) is 11.9 Å². The van der Waals surface area contributed by atoms with Crippen LogP contribution in [-0.4, -0.2) is 25.7 Å². The van der Waals surface area contributed by atoms with Crippen LogP contribution in [0.25, 0.3) is 5.65 Å². The van der Waals surface area contributed by atoms with Gasteiger partial charge in [0.2, 0.25) is 0 Å². The van der Waals surface area contributed by atoms with Crippen LogP contribution >= 0.6 is 0 Å². The minimum atomic E-state index is -1.03. The third-order valence-electron chi connectivity index (χ3n) is 1.95. The molecule has 0 aliphatic carbocycles. The molecule has 0 bridgehead atoms. The molecule has 0 aliphatic rings. The Morgan fingerprint density at radius 2 is 2.21 bits per heavy atom. The molecule has 2 heterocycles. The molecule has 72 valence electrons.